The van der Waals surface area contributed by atoms with Crippen LogP contribution in [0.1, 0.15) is 27.2 Å². The molecule has 0 fully saturated rings. The second-order valence-corrected chi connectivity index (χ2v) is 7.32. The first kappa shape index (κ1) is 16.2. The van der Waals surface area contributed by atoms with Crippen molar-refractivity contribution in [1.82, 2.24) is 10.3 Å². The Morgan fingerprint density at radius 1 is 1.22 bits per heavy atom. The number of hydrogen-bond donors (Lipinski definition) is 1. The van der Waals surface area contributed by atoms with Crippen molar-refractivity contribution < 1.29 is 4.74 Å². The highest BCUT2D eigenvalue weighted by Crippen LogP contribution is 2.25. The molecule has 5 heteroatoms. The minimum Gasteiger partial charge on any atom is -0.497 e. The summed E-state index contributed by atoms with van der Waals surface area (Å²) >= 11 is 3.53. The summed E-state index contributed by atoms with van der Waals surface area (Å²) in [5.74, 6) is 0.893. The fourth-order valence-electron chi connectivity index (χ4n) is 2.43. The molecule has 1 unspecified atom stereocenters. The second-order valence-electron chi connectivity index (χ2n) is 5.40. The van der Waals surface area contributed by atoms with Gasteiger partial charge in [0.1, 0.15) is 10.8 Å². The van der Waals surface area contributed by atoms with E-state index in [1.54, 1.807) is 29.8 Å². The normalized spacial score (nSPS) is 12.3. The van der Waals surface area contributed by atoms with E-state index in [0.717, 1.165) is 29.4 Å². The van der Waals surface area contributed by atoms with Gasteiger partial charge in [-0.2, -0.15) is 0 Å². The number of hydrogen-bond acceptors (Lipinski definition) is 5. The number of benzene rings is 1. The summed E-state index contributed by atoms with van der Waals surface area (Å²) in [5.41, 5.74) is 2.30. The summed E-state index contributed by atoms with van der Waals surface area (Å²) in [6, 6.07) is 12.7. The van der Waals surface area contributed by atoms with Crippen molar-refractivity contribution in [1.29, 1.82) is 0 Å². The Hall–Kier alpha value is -1.69. The van der Waals surface area contributed by atoms with Crippen molar-refractivity contribution in [2.45, 2.75) is 25.9 Å². The van der Waals surface area contributed by atoms with Gasteiger partial charge in [-0.05, 0) is 36.1 Å². The van der Waals surface area contributed by atoms with E-state index in [1.807, 2.05) is 19.1 Å². The highest BCUT2D eigenvalue weighted by molar-refractivity contribution is 7.10. The van der Waals surface area contributed by atoms with Gasteiger partial charge >= 0.3 is 0 Å². The molecule has 120 valence electrons. The van der Waals surface area contributed by atoms with E-state index in [4.69, 9.17) is 4.74 Å². The molecule has 3 nitrogen and oxygen atoms in total. The Morgan fingerprint density at radius 3 is 2.83 bits per heavy atom. The van der Waals surface area contributed by atoms with Crippen LogP contribution in [0.2, 0.25) is 0 Å². The molecular formula is C18H20N2OS2. The Labute approximate surface area is 145 Å². The van der Waals surface area contributed by atoms with Crippen LogP contribution in [-0.4, -0.2) is 12.1 Å². The molecule has 0 saturated heterocycles. The zero-order valence-corrected chi connectivity index (χ0v) is 14.9. The number of ether oxygens (including phenoxy) is 1. The van der Waals surface area contributed by atoms with E-state index in [1.165, 1.54) is 10.4 Å². The molecule has 3 aromatic rings. The lowest BCUT2D eigenvalue weighted by molar-refractivity contribution is 0.413. The quantitative estimate of drug-likeness (QED) is 0.680. The lowest BCUT2D eigenvalue weighted by Crippen LogP contribution is -2.22. The van der Waals surface area contributed by atoms with Crippen LogP contribution >= 0.6 is 22.7 Å². The van der Waals surface area contributed by atoms with Gasteiger partial charge in [0.05, 0.1) is 13.2 Å². The SMILES string of the molecule is COc1cccc(CNC(Cc2cccs2)c2nc(C)cs2)c1. The molecule has 3 rings (SSSR count). The van der Waals surface area contributed by atoms with Crippen LogP contribution < -0.4 is 10.1 Å². The number of aromatic nitrogens is 1. The van der Waals surface area contributed by atoms with Crippen molar-refractivity contribution in [3.63, 3.8) is 0 Å². The first-order chi connectivity index (χ1) is 11.2. The lowest BCUT2D eigenvalue weighted by atomic mass is 10.1. The first-order valence-electron chi connectivity index (χ1n) is 7.55. The molecule has 0 saturated carbocycles. The zero-order valence-electron chi connectivity index (χ0n) is 13.3. The Balaban J connectivity index is 1.72. The average molecular weight is 345 g/mol. The third-order valence-corrected chi connectivity index (χ3v) is 5.58. The molecule has 2 heterocycles. The van der Waals surface area contributed by atoms with Crippen molar-refractivity contribution in [2.24, 2.45) is 0 Å². The first-order valence-corrected chi connectivity index (χ1v) is 9.31. The average Bonchev–Trinajstić information content (AvgIpc) is 3.23. The number of aryl methyl sites for hydroxylation is 1. The van der Waals surface area contributed by atoms with Crippen LogP contribution in [0.15, 0.2) is 47.2 Å². The number of nitrogens with zero attached hydrogens (tertiary/aromatic N) is 1. The number of thiophene rings is 1. The molecule has 1 aromatic carbocycles. The molecule has 0 amide bonds. The smallest absolute Gasteiger partial charge is 0.119 e. The van der Waals surface area contributed by atoms with Gasteiger partial charge in [0.2, 0.25) is 0 Å². The summed E-state index contributed by atoms with van der Waals surface area (Å²) in [5, 5.41) is 9.05. The summed E-state index contributed by atoms with van der Waals surface area (Å²) < 4.78 is 5.30. The molecule has 2 aromatic heterocycles. The van der Waals surface area contributed by atoms with E-state index >= 15 is 0 Å². The molecule has 1 N–H and O–H groups in total. The maximum Gasteiger partial charge on any atom is 0.119 e. The van der Waals surface area contributed by atoms with Gasteiger partial charge in [-0.1, -0.05) is 18.2 Å². The van der Waals surface area contributed by atoms with Crippen molar-refractivity contribution in [2.75, 3.05) is 7.11 Å². The molecule has 0 aliphatic rings. The third-order valence-electron chi connectivity index (χ3n) is 3.61. The summed E-state index contributed by atoms with van der Waals surface area (Å²) in [4.78, 5) is 6.05. The third kappa shape index (κ3) is 4.41. The van der Waals surface area contributed by atoms with E-state index in [2.05, 4.69) is 45.3 Å². The van der Waals surface area contributed by atoms with Crippen LogP contribution in [0.25, 0.3) is 0 Å². The van der Waals surface area contributed by atoms with Gasteiger partial charge in [0, 0.05) is 28.9 Å². The van der Waals surface area contributed by atoms with Crippen molar-refractivity contribution in [3.8, 4) is 5.75 Å². The fraction of sp³-hybridized carbons (Fsp3) is 0.278. The van der Waals surface area contributed by atoms with Gasteiger partial charge in [-0.15, -0.1) is 22.7 Å². The van der Waals surface area contributed by atoms with E-state index in [0.29, 0.717) is 0 Å². The number of methoxy groups -OCH3 is 1. The van der Waals surface area contributed by atoms with Crippen LogP contribution in [0.5, 0.6) is 5.75 Å². The minimum atomic E-state index is 0.235. The highest BCUT2D eigenvalue weighted by Gasteiger charge is 2.16. The molecule has 0 aliphatic heterocycles. The molecule has 0 bridgehead atoms. The maximum atomic E-state index is 5.30. The molecule has 23 heavy (non-hydrogen) atoms. The van der Waals surface area contributed by atoms with E-state index in [-0.39, 0.29) is 6.04 Å². The monoisotopic (exact) mass is 344 g/mol. The summed E-state index contributed by atoms with van der Waals surface area (Å²) in [6.07, 6.45) is 0.967. The minimum absolute atomic E-state index is 0.235. The highest BCUT2D eigenvalue weighted by atomic mass is 32.1. The van der Waals surface area contributed by atoms with Crippen LogP contribution in [0.4, 0.5) is 0 Å². The van der Waals surface area contributed by atoms with Gasteiger partial charge in [-0.25, -0.2) is 4.98 Å². The van der Waals surface area contributed by atoms with E-state index in [9.17, 15) is 0 Å². The van der Waals surface area contributed by atoms with Crippen LogP contribution in [0, 0.1) is 6.92 Å². The molecule has 0 radical (unpaired) electrons. The molecule has 1 atom stereocenters. The van der Waals surface area contributed by atoms with E-state index < -0.39 is 0 Å². The molecule has 0 spiro atoms. The Morgan fingerprint density at radius 2 is 2.13 bits per heavy atom. The van der Waals surface area contributed by atoms with Crippen molar-refractivity contribution in [3.05, 3.63) is 68.3 Å². The second kappa shape index (κ2) is 7.73. The predicted octanol–water partition coefficient (Wildman–Crippen LogP) is 4.60. The van der Waals surface area contributed by atoms with Gasteiger partial charge in [-0.3, -0.25) is 0 Å². The maximum absolute atomic E-state index is 5.30. The van der Waals surface area contributed by atoms with Crippen LogP contribution in [-0.2, 0) is 13.0 Å². The van der Waals surface area contributed by atoms with Gasteiger partial charge in [0.15, 0.2) is 0 Å². The molecular weight excluding hydrogens is 324 g/mol. The summed E-state index contributed by atoms with van der Waals surface area (Å²) in [7, 11) is 1.70. The lowest BCUT2D eigenvalue weighted by Gasteiger charge is -2.16. The Kier molecular flexibility index (Phi) is 5.43. The fourth-order valence-corrected chi connectivity index (χ4v) is 4.06. The Bertz CT molecular complexity index is 737. The predicted molar refractivity (Wildman–Crippen MR) is 97.4 cm³/mol. The topological polar surface area (TPSA) is 34.1 Å². The van der Waals surface area contributed by atoms with Crippen LogP contribution in [0.3, 0.4) is 0 Å². The number of nitrogens with one attached hydrogen (secondary N) is 1. The molecule has 0 aliphatic carbocycles. The van der Waals surface area contributed by atoms with Crippen molar-refractivity contribution >= 4 is 22.7 Å². The largest absolute Gasteiger partial charge is 0.497 e. The number of thiazole rings is 1. The summed E-state index contributed by atoms with van der Waals surface area (Å²) in [6.45, 7) is 2.84. The van der Waals surface area contributed by atoms with Gasteiger partial charge in [0.25, 0.3) is 0 Å². The standard InChI is InChI=1S/C18H20N2OS2/c1-13-12-23-18(20-13)17(10-16-7-4-8-22-16)19-11-14-5-3-6-15(9-14)21-2/h3-9,12,17,19H,10-11H2,1-2H3. The van der Waals surface area contributed by atoms with Gasteiger partial charge < -0.3 is 10.1 Å². The number of rotatable bonds is 7. The zero-order chi connectivity index (χ0) is 16.1.